The van der Waals surface area contributed by atoms with Crippen LogP contribution in [0.25, 0.3) is 5.69 Å². The third kappa shape index (κ3) is 2.77. The van der Waals surface area contributed by atoms with Crippen molar-refractivity contribution in [1.29, 1.82) is 5.26 Å². The third-order valence-electron chi connectivity index (χ3n) is 2.33. The normalized spacial score (nSPS) is 10.6. The molecule has 0 amide bonds. The van der Waals surface area contributed by atoms with Gasteiger partial charge in [-0.3, -0.25) is 0 Å². The van der Waals surface area contributed by atoms with Gasteiger partial charge in [-0.15, -0.1) is 0 Å². The minimum absolute atomic E-state index is 0.292. The molecule has 0 unspecified atom stereocenters. The predicted molar refractivity (Wildman–Crippen MR) is 68.0 cm³/mol. The highest BCUT2D eigenvalue weighted by Gasteiger charge is 2.11. The highest BCUT2D eigenvalue weighted by Crippen LogP contribution is 2.22. The van der Waals surface area contributed by atoms with Crippen molar-refractivity contribution in [2.24, 2.45) is 4.99 Å². The Hall–Kier alpha value is -2.68. The van der Waals surface area contributed by atoms with Gasteiger partial charge in [0.05, 0.1) is 18.5 Å². The first-order chi connectivity index (χ1) is 9.26. The van der Waals surface area contributed by atoms with Crippen molar-refractivity contribution in [2.75, 3.05) is 6.61 Å². The molecule has 0 N–H and O–H groups in total. The molecular formula is C13H11FN4O. The highest BCUT2D eigenvalue weighted by atomic mass is 19.1. The fourth-order valence-corrected chi connectivity index (χ4v) is 1.50. The maximum Gasteiger partial charge on any atom is 0.176 e. The second kappa shape index (κ2) is 5.78. The average molecular weight is 258 g/mol. The summed E-state index contributed by atoms with van der Waals surface area (Å²) in [4.78, 5) is 4.04. The summed E-state index contributed by atoms with van der Waals surface area (Å²) in [5.41, 5.74) is 0.783. The lowest BCUT2D eigenvalue weighted by Gasteiger charge is -2.04. The number of benzene rings is 1. The van der Waals surface area contributed by atoms with Crippen molar-refractivity contribution in [3.63, 3.8) is 0 Å². The Kier molecular flexibility index (Phi) is 3.88. The summed E-state index contributed by atoms with van der Waals surface area (Å²) in [6.07, 6.45) is 2.62. The molecule has 0 spiro atoms. The number of hydrogen-bond acceptors (Lipinski definition) is 4. The van der Waals surface area contributed by atoms with Gasteiger partial charge in [0.25, 0.3) is 0 Å². The van der Waals surface area contributed by atoms with Crippen molar-refractivity contribution >= 4 is 12.2 Å². The van der Waals surface area contributed by atoms with Gasteiger partial charge >= 0.3 is 0 Å². The molecule has 0 radical (unpaired) electrons. The molecule has 0 atom stereocenters. The Morgan fingerprint density at radius 2 is 2.42 bits per heavy atom. The Bertz CT molecular complexity index is 642. The summed E-state index contributed by atoms with van der Waals surface area (Å²) >= 11 is 0. The van der Waals surface area contributed by atoms with E-state index in [-0.39, 0.29) is 5.82 Å². The van der Waals surface area contributed by atoms with E-state index in [1.54, 1.807) is 12.1 Å². The van der Waals surface area contributed by atoms with Crippen LogP contribution >= 0.6 is 0 Å². The molecule has 19 heavy (non-hydrogen) atoms. The first-order valence-corrected chi connectivity index (χ1v) is 5.64. The number of hydrogen-bond donors (Lipinski definition) is 0. The number of rotatable bonds is 4. The van der Waals surface area contributed by atoms with E-state index in [9.17, 15) is 4.39 Å². The van der Waals surface area contributed by atoms with Crippen molar-refractivity contribution < 1.29 is 9.13 Å². The molecule has 0 aliphatic carbocycles. The number of ether oxygens (including phenoxy) is 1. The summed E-state index contributed by atoms with van der Waals surface area (Å²) in [5.74, 6) is -0.0761. The van der Waals surface area contributed by atoms with Gasteiger partial charge in [-0.2, -0.15) is 15.4 Å². The van der Waals surface area contributed by atoms with Gasteiger partial charge in [-0.25, -0.2) is 9.07 Å². The van der Waals surface area contributed by atoms with Gasteiger partial charge < -0.3 is 4.74 Å². The van der Waals surface area contributed by atoms with Crippen LogP contribution in [0.4, 0.5) is 10.2 Å². The first kappa shape index (κ1) is 12.8. The average Bonchev–Trinajstić information content (AvgIpc) is 2.82. The zero-order valence-corrected chi connectivity index (χ0v) is 10.2. The molecule has 0 saturated heterocycles. The summed E-state index contributed by atoms with van der Waals surface area (Å²) in [6.45, 7) is 2.29. The van der Waals surface area contributed by atoms with Gasteiger partial charge in [0, 0.05) is 0 Å². The molecule has 0 saturated carbocycles. The van der Waals surface area contributed by atoms with Crippen LogP contribution in [0, 0.1) is 17.1 Å². The van der Waals surface area contributed by atoms with Gasteiger partial charge in [0.15, 0.2) is 12.2 Å². The topological polar surface area (TPSA) is 63.2 Å². The molecule has 1 heterocycles. The van der Waals surface area contributed by atoms with Crippen LogP contribution in [0.5, 0.6) is 0 Å². The molecule has 0 fully saturated rings. The van der Waals surface area contributed by atoms with Gasteiger partial charge in [0.2, 0.25) is 0 Å². The maximum atomic E-state index is 13.2. The fraction of sp³-hybridized carbons (Fsp3) is 0.154. The highest BCUT2D eigenvalue weighted by molar-refractivity contribution is 5.60. The minimum atomic E-state index is -0.383. The smallest absolute Gasteiger partial charge is 0.176 e. The van der Waals surface area contributed by atoms with Gasteiger partial charge in [-0.1, -0.05) is 6.07 Å². The first-order valence-electron chi connectivity index (χ1n) is 5.64. The molecule has 0 bridgehead atoms. The SMILES string of the molecule is CCO/C=N/c1c(C#N)cnn1-c1cccc(F)c1. The molecule has 5 nitrogen and oxygen atoms in total. The van der Waals surface area contributed by atoms with E-state index in [2.05, 4.69) is 10.1 Å². The lowest BCUT2D eigenvalue weighted by atomic mass is 10.3. The predicted octanol–water partition coefficient (Wildman–Crippen LogP) is 2.58. The molecule has 1 aromatic heterocycles. The summed E-state index contributed by atoms with van der Waals surface area (Å²) in [7, 11) is 0. The quantitative estimate of drug-likeness (QED) is 0.625. The second-order valence-corrected chi connectivity index (χ2v) is 3.58. The second-order valence-electron chi connectivity index (χ2n) is 3.58. The number of aliphatic imine (C=N–C) groups is 1. The molecule has 0 aliphatic heterocycles. The summed E-state index contributed by atoms with van der Waals surface area (Å²) in [5, 5.41) is 13.0. The van der Waals surface area contributed by atoms with Gasteiger partial charge in [0.1, 0.15) is 17.4 Å². The van der Waals surface area contributed by atoms with Crippen molar-refractivity contribution in [2.45, 2.75) is 6.92 Å². The summed E-state index contributed by atoms with van der Waals surface area (Å²) in [6, 6.07) is 7.87. The van der Waals surface area contributed by atoms with E-state index in [4.69, 9.17) is 10.00 Å². The fourth-order valence-electron chi connectivity index (χ4n) is 1.50. The number of nitriles is 1. The van der Waals surface area contributed by atoms with Crippen LogP contribution in [0.15, 0.2) is 35.5 Å². The third-order valence-corrected chi connectivity index (χ3v) is 2.33. The molecule has 2 aromatic rings. The largest absolute Gasteiger partial charge is 0.483 e. The van der Waals surface area contributed by atoms with Crippen LogP contribution in [0.3, 0.4) is 0 Å². The maximum absolute atomic E-state index is 13.2. The zero-order chi connectivity index (χ0) is 13.7. The monoisotopic (exact) mass is 258 g/mol. The van der Waals surface area contributed by atoms with Crippen molar-refractivity contribution in [3.05, 3.63) is 41.8 Å². The molecule has 6 heteroatoms. The van der Waals surface area contributed by atoms with E-state index in [0.717, 1.165) is 0 Å². The van der Waals surface area contributed by atoms with Gasteiger partial charge in [-0.05, 0) is 25.1 Å². The Morgan fingerprint density at radius 3 is 3.11 bits per heavy atom. The van der Waals surface area contributed by atoms with Crippen molar-refractivity contribution in [3.8, 4) is 11.8 Å². The van der Waals surface area contributed by atoms with E-state index >= 15 is 0 Å². The lowest BCUT2D eigenvalue weighted by Crippen LogP contribution is -1.97. The minimum Gasteiger partial charge on any atom is -0.483 e. The Balaban J connectivity index is 2.46. The van der Waals surface area contributed by atoms with E-state index in [1.807, 2.05) is 13.0 Å². The van der Waals surface area contributed by atoms with E-state index in [0.29, 0.717) is 23.7 Å². The Labute approximate surface area is 109 Å². The molecule has 96 valence electrons. The molecule has 0 aliphatic rings. The lowest BCUT2D eigenvalue weighted by molar-refractivity contribution is 0.343. The van der Waals surface area contributed by atoms with Crippen LogP contribution < -0.4 is 0 Å². The number of halogens is 1. The van der Waals surface area contributed by atoms with Crippen LogP contribution in [0.2, 0.25) is 0 Å². The number of aromatic nitrogens is 2. The van der Waals surface area contributed by atoms with E-state index in [1.165, 1.54) is 29.4 Å². The van der Waals surface area contributed by atoms with Crippen molar-refractivity contribution in [1.82, 2.24) is 9.78 Å². The zero-order valence-electron chi connectivity index (χ0n) is 10.2. The van der Waals surface area contributed by atoms with Crippen LogP contribution in [-0.4, -0.2) is 22.8 Å². The molecule has 2 rings (SSSR count). The molecular weight excluding hydrogens is 247 g/mol. The number of nitrogens with zero attached hydrogens (tertiary/aromatic N) is 4. The van der Waals surface area contributed by atoms with Crippen LogP contribution in [-0.2, 0) is 4.74 Å². The van der Waals surface area contributed by atoms with E-state index < -0.39 is 0 Å². The molecule has 1 aromatic carbocycles. The summed E-state index contributed by atoms with van der Waals surface area (Å²) < 4.78 is 19.6. The van der Waals surface area contributed by atoms with Crippen LogP contribution in [0.1, 0.15) is 12.5 Å². The Morgan fingerprint density at radius 1 is 1.58 bits per heavy atom. The standard InChI is InChI=1S/C13H11FN4O/c1-2-19-9-16-13-10(7-15)8-17-18(13)12-5-3-4-11(14)6-12/h3-6,8-9H,2H2,1H3/b16-9+.